The van der Waals surface area contributed by atoms with Gasteiger partial charge in [-0.1, -0.05) is 24.3 Å². The van der Waals surface area contributed by atoms with Crippen LogP contribution in [0, 0.1) is 5.92 Å². The van der Waals surface area contributed by atoms with Gasteiger partial charge in [0.05, 0.1) is 0 Å². The van der Waals surface area contributed by atoms with Gasteiger partial charge in [0.2, 0.25) is 5.91 Å². The highest BCUT2D eigenvalue weighted by Gasteiger charge is 2.42. The molecule has 10 heteroatoms. The van der Waals surface area contributed by atoms with Crippen molar-refractivity contribution in [3.05, 3.63) is 52.7 Å². The predicted molar refractivity (Wildman–Crippen MR) is 146 cm³/mol. The normalized spacial score (nSPS) is 24.9. The molecule has 3 aromatic rings. The Morgan fingerprint density at radius 1 is 1.13 bits per heavy atom. The third-order valence-electron chi connectivity index (χ3n) is 7.94. The van der Waals surface area contributed by atoms with Crippen LogP contribution in [0.1, 0.15) is 50.5 Å². The number of anilines is 1. The van der Waals surface area contributed by atoms with Crippen molar-refractivity contribution in [1.82, 2.24) is 15.1 Å². The Morgan fingerprint density at radius 3 is 2.45 bits per heavy atom. The zero-order valence-corrected chi connectivity index (χ0v) is 22.1. The van der Waals surface area contributed by atoms with E-state index in [1.807, 2.05) is 47.2 Å². The van der Waals surface area contributed by atoms with Gasteiger partial charge in [0.1, 0.15) is 11.9 Å². The molecular weight excluding hydrogens is 505 g/mol. The number of nitrogens with one attached hydrogen (secondary N) is 1. The van der Waals surface area contributed by atoms with E-state index in [2.05, 4.69) is 15.5 Å². The highest BCUT2D eigenvalue weighted by Crippen LogP contribution is 2.42. The minimum atomic E-state index is -0.915. The summed E-state index contributed by atoms with van der Waals surface area (Å²) in [4.78, 5) is 25.4. The van der Waals surface area contributed by atoms with Crippen LogP contribution in [-0.2, 0) is 10.3 Å². The fraction of sp³-hybridized carbons (Fsp3) is 0.429. The Morgan fingerprint density at radius 2 is 1.84 bits per heavy atom. The summed E-state index contributed by atoms with van der Waals surface area (Å²) in [7, 11) is 1.60. The first kappa shape index (κ1) is 26.2. The maximum Gasteiger partial charge on any atom is 0.407 e. The largest absolute Gasteiger partial charge is 0.465 e. The van der Waals surface area contributed by atoms with Crippen molar-refractivity contribution >= 4 is 29.2 Å². The molecule has 1 aromatic carbocycles. The molecule has 0 unspecified atom stereocenters. The molecule has 2 aliphatic carbocycles. The Hall–Kier alpha value is -3.37. The molecule has 5 rings (SSSR count). The molecule has 2 amide bonds. The lowest BCUT2D eigenvalue weighted by molar-refractivity contribution is -0.117. The second kappa shape index (κ2) is 10.8. The third kappa shape index (κ3) is 5.56. The van der Waals surface area contributed by atoms with Crippen molar-refractivity contribution < 1.29 is 19.1 Å². The Balaban J connectivity index is 1.28. The smallest absolute Gasteiger partial charge is 0.407 e. The molecule has 200 valence electrons. The van der Waals surface area contributed by atoms with Crippen LogP contribution in [0.3, 0.4) is 0 Å². The minimum absolute atomic E-state index is 0.0113. The molecule has 0 spiro atoms. The van der Waals surface area contributed by atoms with Crippen LogP contribution >= 0.6 is 11.3 Å². The van der Waals surface area contributed by atoms with Crippen LogP contribution in [0.4, 0.5) is 15.0 Å². The maximum absolute atomic E-state index is 13.4. The highest BCUT2D eigenvalue weighted by atomic mass is 32.1. The van der Waals surface area contributed by atoms with Crippen molar-refractivity contribution in [3.63, 3.8) is 0 Å². The van der Waals surface area contributed by atoms with Crippen molar-refractivity contribution in [3.8, 4) is 22.4 Å². The lowest BCUT2D eigenvalue weighted by Gasteiger charge is -2.41. The van der Waals surface area contributed by atoms with Crippen molar-refractivity contribution in [1.29, 1.82) is 0 Å². The van der Waals surface area contributed by atoms with Crippen LogP contribution in [-0.4, -0.2) is 51.5 Å². The lowest BCUT2D eigenvalue weighted by Crippen LogP contribution is -2.50. The average molecular weight is 538 g/mol. The quantitative estimate of drug-likeness (QED) is 0.358. The zero-order chi connectivity index (χ0) is 26.9. The minimum Gasteiger partial charge on any atom is -0.465 e. The molecule has 0 bridgehead atoms. The fourth-order valence-corrected chi connectivity index (χ4v) is 6.23. The van der Waals surface area contributed by atoms with E-state index in [1.54, 1.807) is 18.4 Å². The van der Waals surface area contributed by atoms with E-state index in [1.165, 1.54) is 4.90 Å². The number of carbonyl (C=O) groups is 2. The number of carbonyl (C=O) groups excluding carboxylic acids is 1. The van der Waals surface area contributed by atoms with Gasteiger partial charge in [-0.05, 0) is 65.6 Å². The fourth-order valence-electron chi connectivity index (χ4n) is 5.58. The Bertz CT molecular complexity index is 1290. The molecule has 38 heavy (non-hydrogen) atoms. The van der Waals surface area contributed by atoms with Crippen molar-refractivity contribution in [2.75, 3.05) is 12.4 Å². The second-order valence-corrected chi connectivity index (χ2v) is 11.3. The van der Waals surface area contributed by atoms with Gasteiger partial charge >= 0.3 is 6.09 Å². The highest BCUT2D eigenvalue weighted by molar-refractivity contribution is 7.08. The number of hydrogen-bond acceptors (Lipinski definition) is 6. The van der Waals surface area contributed by atoms with E-state index in [-0.39, 0.29) is 17.9 Å². The van der Waals surface area contributed by atoms with Gasteiger partial charge in [-0.3, -0.25) is 4.79 Å². The van der Waals surface area contributed by atoms with E-state index >= 15 is 0 Å². The molecule has 2 saturated carbocycles. The average Bonchev–Trinajstić information content (AvgIpc) is 3.43. The summed E-state index contributed by atoms with van der Waals surface area (Å²) in [5.41, 5.74) is 10.0. The predicted octanol–water partition coefficient (Wildman–Crippen LogP) is 5.66. The maximum atomic E-state index is 13.4. The summed E-state index contributed by atoms with van der Waals surface area (Å²) in [5, 5.41) is 24.9. The van der Waals surface area contributed by atoms with Crippen LogP contribution in [0.25, 0.3) is 22.4 Å². The molecule has 2 fully saturated rings. The van der Waals surface area contributed by atoms with Gasteiger partial charge in [-0.15, -0.1) is 10.2 Å². The number of rotatable bonds is 7. The lowest BCUT2D eigenvalue weighted by atomic mass is 9.71. The summed E-state index contributed by atoms with van der Waals surface area (Å²) in [6, 6.07) is 11.6. The SMILES string of the molecule is CN(C(=O)O)[C@H]1CC[C@H](CC(=O)Nc2cc(-c3ccsc3)c(-c3ccc(C4(N)CC(F)C4)cc3)nn2)CC1. The zero-order valence-electron chi connectivity index (χ0n) is 21.3. The van der Waals surface area contributed by atoms with Crippen LogP contribution < -0.4 is 11.1 Å². The molecule has 0 atom stereocenters. The first-order chi connectivity index (χ1) is 18.2. The van der Waals surface area contributed by atoms with E-state index in [9.17, 15) is 19.1 Å². The topological polar surface area (TPSA) is 121 Å². The van der Waals surface area contributed by atoms with Crippen LogP contribution in [0.5, 0.6) is 0 Å². The van der Waals surface area contributed by atoms with Crippen LogP contribution in [0.15, 0.2) is 47.2 Å². The van der Waals surface area contributed by atoms with Gasteiger partial charge in [0.25, 0.3) is 0 Å². The molecule has 0 saturated heterocycles. The number of halogens is 1. The number of amides is 2. The Kier molecular flexibility index (Phi) is 7.45. The van der Waals surface area contributed by atoms with Crippen LogP contribution in [0.2, 0.25) is 0 Å². The standard InChI is InChI=1S/C28H32FN5O3S/c1-34(27(36)37)22-8-2-17(3-9-22)12-25(35)31-24-13-23(19-10-11-38-16-19)26(33-32-24)18-4-6-20(7-5-18)28(30)14-21(29)15-28/h4-7,10-11,13,16-17,21-22H,2-3,8-9,12,14-15,30H2,1H3,(H,36,37)(H,31,32,35)/t17-,21?,22-,28?. The summed E-state index contributed by atoms with van der Waals surface area (Å²) in [5.74, 6) is 0.479. The summed E-state index contributed by atoms with van der Waals surface area (Å²) < 4.78 is 13.4. The van der Waals surface area contributed by atoms with Gasteiger partial charge in [-0.25, -0.2) is 9.18 Å². The van der Waals surface area contributed by atoms with E-state index < -0.39 is 17.8 Å². The molecule has 2 aliphatic rings. The summed E-state index contributed by atoms with van der Waals surface area (Å²) >= 11 is 1.57. The molecule has 0 aliphatic heterocycles. The monoisotopic (exact) mass is 537 g/mol. The van der Waals surface area contributed by atoms with Gasteiger partial charge < -0.3 is 21.1 Å². The van der Waals surface area contributed by atoms with E-state index in [4.69, 9.17) is 5.73 Å². The van der Waals surface area contributed by atoms with Crippen molar-refractivity contribution in [2.45, 2.75) is 62.7 Å². The Labute approximate surface area is 225 Å². The number of alkyl halides is 1. The number of nitrogens with two attached hydrogens (primary N) is 1. The third-order valence-corrected chi connectivity index (χ3v) is 8.62. The van der Waals surface area contributed by atoms with E-state index in [0.29, 0.717) is 30.8 Å². The van der Waals surface area contributed by atoms with E-state index in [0.717, 1.165) is 47.9 Å². The number of carboxylic acid groups (broad SMARTS) is 1. The number of hydrogen-bond donors (Lipinski definition) is 3. The number of benzene rings is 1. The summed E-state index contributed by atoms with van der Waals surface area (Å²) in [6.07, 6.45) is 2.42. The molecule has 0 radical (unpaired) electrons. The number of nitrogens with zero attached hydrogens (tertiary/aromatic N) is 3. The van der Waals surface area contributed by atoms with Gasteiger partial charge in [0.15, 0.2) is 5.82 Å². The first-order valence-corrected chi connectivity index (χ1v) is 13.9. The number of thiophene rings is 1. The first-order valence-electron chi connectivity index (χ1n) is 12.9. The molecule has 2 aromatic heterocycles. The summed E-state index contributed by atoms with van der Waals surface area (Å²) in [6.45, 7) is 0. The molecule has 8 nitrogen and oxygen atoms in total. The van der Waals surface area contributed by atoms with Gasteiger partial charge in [0, 0.05) is 49.0 Å². The molecule has 4 N–H and O–H groups in total. The van der Waals surface area contributed by atoms with Crippen molar-refractivity contribution in [2.24, 2.45) is 11.7 Å². The molecule has 2 heterocycles. The molecular formula is C28H32FN5O3S. The second-order valence-electron chi connectivity index (χ2n) is 10.6. The van der Waals surface area contributed by atoms with Gasteiger partial charge in [-0.2, -0.15) is 11.3 Å². The number of aromatic nitrogens is 2.